The van der Waals surface area contributed by atoms with Gasteiger partial charge in [0.1, 0.15) is 11.6 Å². The van der Waals surface area contributed by atoms with Crippen LogP contribution in [0.4, 0.5) is 5.82 Å². The van der Waals surface area contributed by atoms with Crippen LogP contribution in [0.3, 0.4) is 0 Å². The molecule has 98 valence electrons. The number of ketones is 1. The van der Waals surface area contributed by atoms with Crippen molar-refractivity contribution in [3.63, 3.8) is 0 Å². The van der Waals surface area contributed by atoms with Crippen LogP contribution in [0.1, 0.15) is 19.8 Å². The smallest absolute Gasteiger partial charge is 0.147 e. The Morgan fingerprint density at radius 3 is 2.89 bits per heavy atom. The van der Waals surface area contributed by atoms with Gasteiger partial charge in [-0.2, -0.15) is 0 Å². The maximum Gasteiger partial charge on any atom is 0.147 e. The number of rotatable bonds is 2. The van der Waals surface area contributed by atoms with E-state index >= 15 is 0 Å². The molecule has 0 bridgehead atoms. The Morgan fingerprint density at radius 2 is 2.11 bits per heavy atom. The van der Waals surface area contributed by atoms with Gasteiger partial charge in [0.15, 0.2) is 0 Å². The van der Waals surface area contributed by atoms with E-state index in [1.807, 2.05) is 30.5 Å². The molecule has 0 aliphatic carbocycles. The molecule has 1 aliphatic heterocycles. The number of fused-ring (bicyclic) bond motifs is 1. The van der Waals surface area contributed by atoms with Crippen molar-refractivity contribution in [2.24, 2.45) is 5.92 Å². The first-order chi connectivity index (χ1) is 9.24. The van der Waals surface area contributed by atoms with Gasteiger partial charge >= 0.3 is 0 Å². The number of anilines is 1. The second-order valence-corrected chi connectivity index (χ2v) is 5.11. The highest BCUT2D eigenvalue weighted by molar-refractivity contribution is 5.79. The third-order valence-corrected chi connectivity index (χ3v) is 3.76. The Balaban J connectivity index is 1.89. The molecule has 1 saturated heterocycles. The van der Waals surface area contributed by atoms with Gasteiger partial charge in [0.2, 0.25) is 0 Å². The van der Waals surface area contributed by atoms with Gasteiger partial charge in [-0.05, 0) is 31.9 Å². The van der Waals surface area contributed by atoms with Crippen LogP contribution in [-0.2, 0) is 4.79 Å². The number of nitrogens with zero attached hydrogens (tertiary/aromatic N) is 3. The highest BCUT2D eigenvalue weighted by Crippen LogP contribution is 2.23. The molecule has 0 spiro atoms. The topological polar surface area (TPSA) is 46.1 Å². The first-order valence-electron chi connectivity index (χ1n) is 6.71. The maximum atomic E-state index is 11.5. The highest BCUT2D eigenvalue weighted by Gasteiger charge is 2.24. The SMILES string of the molecule is CC(=O)C1CCCN(c2cnc3ccccc3n2)C1. The van der Waals surface area contributed by atoms with Crippen molar-refractivity contribution in [1.82, 2.24) is 9.97 Å². The van der Waals surface area contributed by atoms with E-state index in [0.29, 0.717) is 0 Å². The average Bonchev–Trinajstić information content (AvgIpc) is 2.47. The van der Waals surface area contributed by atoms with Gasteiger partial charge in [0, 0.05) is 19.0 Å². The van der Waals surface area contributed by atoms with Gasteiger partial charge in [-0.25, -0.2) is 4.98 Å². The molecule has 0 saturated carbocycles. The lowest BCUT2D eigenvalue weighted by molar-refractivity contribution is -0.120. The summed E-state index contributed by atoms with van der Waals surface area (Å²) in [6.45, 7) is 3.40. The fourth-order valence-electron chi connectivity index (χ4n) is 2.62. The predicted molar refractivity (Wildman–Crippen MR) is 75.2 cm³/mol. The molecule has 19 heavy (non-hydrogen) atoms. The van der Waals surface area contributed by atoms with E-state index in [-0.39, 0.29) is 11.7 Å². The summed E-state index contributed by atoms with van der Waals surface area (Å²) >= 11 is 0. The fraction of sp³-hybridized carbons (Fsp3) is 0.400. The summed E-state index contributed by atoms with van der Waals surface area (Å²) in [6.07, 6.45) is 3.84. The van der Waals surface area contributed by atoms with E-state index in [0.717, 1.165) is 42.8 Å². The van der Waals surface area contributed by atoms with Crippen LogP contribution < -0.4 is 4.90 Å². The molecule has 1 unspecified atom stereocenters. The van der Waals surface area contributed by atoms with Crippen molar-refractivity contribution >= 4 is 22.6 Å². The van der Waals surface area contributed by atoms with E-state index in [1.165, 1.54) is 0 Å². The third-order valence-electron chi connectivity index (χ3n) is 3.76. The summed E-state index contributed by atoms with van der Waals surface area (Å²) < 4.78 is 0. The summed E-state index contributed by atoms with van der Waals surface area (Å²) in [4.78, 5) is 22.8. The summed E-state index contributed by atoms with van der Waals surface area (Å²) in [5.41, 5.74) is 1.82. The quantitative estimate of drug-likeness (QED) is 0.827. The number of benzene rings is 1. The molecule has 4 heteroatoms. The molecule has 0 amide bonds. The van der Waals surface area contributed by atoms with Crippen LogP contribution in [0.5, 0.6) is 0 Å². The molecular weight excluding hydrogens is 238 g/mol. The summed E-state index contributed by atoms with van der Waals surface area (Å²) in [6, 6.07) is 7.86. The molecule has 1 atom stereocenters. The van der Waals surface area contributed by atoms with E-state index in [4.69, 9.17) is 0 Å². The van der Waals surface area contributed by atoms with Gasteiger partial charge in [-0.1, -0.05) is 12.1 Å². The Hall–Kier alpha value is -1.97. The van der Waals surface area contributed by atoms with Crippen LogP contribution in [-0.4, -0.2) is 28.8 Å². The second-order valence-electron chi connectivity index (χ2n) is 5.11. The highest BCUT2D eigenvalue weighted by atomic mass is 16.1. The van der Waals surface area contributed by atoms with Crippen LogP contribution in [0.2, 0.25) is 0 Å². The minimum absolute atomic E-state index is 0.141. The normalized spacial score (nSPS) is 19.6. The zero-order valence-corrected chi connectivity index (χ0v) is 11.0. The van der Waals surface area contributed by atoms with Crippen molar-refractivity contribution in [3.8, 4) is 0 Å². The first-order valence-corrected chi connectivity index (χ1v) is 6.71. The molecule has 0 radical (unpaired) electrons. The number of para-hydroxylation sites is 2. The number of aromatic nitrogens is 2. The van der Waals surface area contributed by atoms with Gasteiger partial charge in [-0.3, -0.25) is 9.78 Å². The Bertz CT molecular complexity index is 611. The lowest BCUT2D eigenvalue weighted by Crippen LogP contribution is -2.38. The van der Waals surface area contributed by atoms with Crippen LogP contribution in [0.15, 0.2) is 30.5 Å². The minimum atomic E-state index is 0.141. The van der Waals surface area contributed by atoms with E-state index in [9.17, 15) is 4.79 Å². The Kier molecular flexibility index (Phi) is 3.15. The number of hydrogen-bond acceptors (Lipinski definition) is 4. The molecule has 4 nitrogen and oxygen atoms in total. The van der Waals surface area contributed by atoms with Crippen molar-refractivity contribution in [1.29, 1.82) is 0 Å². The van der Waals surface area contributed by atoms with E-state index in [1.54, 1.807) is 6.92 Å². The molecule has 1 aromatic heterocycles. The van der Waals surface area contributed by atoms with E-state index < -0.39 is 0 Å². The molecular formula is C15H17N3O. The van der Waals surface area contributed by atoms with Crippen molar-refractivity contribution in [2.45, 2.75) is 19.8 Å². The zero-order valence-electron chi connectivity index (χ0n) is 11.0. The Labute approximate surface area is 112 Å². The minimum Gasteiger partial charge on any atom is -0.355 e. The predicted octanol–water partition coefficient (Wildman–Crippen LogP) is 2.44. The van der Waals surface area contributed by atoms with Gasteiger partial charge < -0.3 is 4.90 Å². The number of piperidine rings is 1. The number of carbonyl (C=O) groups excluding carboxylic acids is 1. The summed E-state index contributed by atoms with van der Waals surface area (Å²) in [5.74, 6) is 1.30. The lowest BCUT2D eigenvalue weighted by atomic mass is 9.95. The van der Waals surface area contributed by atoms with Crippen LogP contribution >= 0.6 is 0 Å². The first kappa shape index (κ1) is 12.1. The second kappa shape index (κ2) is 4.96. The van der Waals surface area contributed by atoms with Crippen LogP contribution in [0.25, 0.3) is 11.0 Å². The van der Waals surface area contributed by atoms with Crippen molar-refractivity contribution in [2.75, 3.05) is 18.0 Å². The van der Waals surface area contributed by atoms with Crippen molar-refractivity contribution in [3.05, 3.63) is 30.5 Å². The molecule has 0 N–H and O–H groups in total. The molecule has 2 aromatic rings. The maximum absolute atomic E-state index is 11.5. The van der Waals surface area contributed by atoms with Gasteiger partial charge in [0.05, 0.1) is 17.2 Å². The fourth-order valence-corrected chi connectivity index (χ4v) is 2.62. The van der Waals surface area contributed by atoms with Crippen molar-refractivity contribution < 1.29 is 4.79 Å². The lowest BCUT2D eigenvalue weighted by Gasteiger charge is -2.32. The summed E-state index contributed by atoms with van der Waals surface area (Å²) in [5, 5.41) is 0. The van der Waals surface area contributed by atoms with E-state index in [2.05, 4.69) is 14.9 Å². The zero-order chi connectivity index (χ0) is 13.2. The number of Topliss-reactive ketones (excluding diaryl/α,β-unsaturated/α-hetero) is 1. The molecule has 2 heterocycles. The van der Waals surface area contributed by atoms with Gasteiger partial charge in [-0.15, -0.1) is 0 Å². The number of hydrogen-bond donors (Lipinski definition) is 0. The molecule has 1 aliphatic rings. The molecule has 1 fully saturated rings. The molecule has 1 aromatic carbocycles. The standard InChI is InChI=1S/C15H17N3O/c1-11(19)12-5-4-8-18(10-12)15-9-16-13-6-2-3-7-14(13)17-15/h2-3,6-7,9,12H,4-5,8,10H2,1H3. The average molecular weight is 255 g/mol. The Morgan fingerprint density at radius 1 is 1.32 bits per heavy atom. The largest absolute Gasteiger partial charge is 0.355 e. The van der Waals surface area contributed by atoms with Gasteiger partial charge in [0.25, 0.3) is 0 Å². The van der Waals surface area contributed by atoms with Crippen LogP contribution in [0, 0.1) is 5.92 Å². The number of carbonyl (C=O) groups is 1. The molecule has 3 rings (SSSR count). The monoisotopic (exact) mass is 255 g/mol. The summed E-state index contributed by atoms with van der Waals surface area (Å²) in [7, 11) is 0. The third kappa shape index (κ3) is 2.43.